The van der Waals surface area contributed by atoms with Crippen molar-refractivity contribution in [1.29, 1.82) is 0 Å². The van der Waals surface area contributed by atoms with Gasteiger partial charge in [0.2, 0.25) is 0 Å². The standard InChI is InChI=1S/C16H21N3O/c1-11-10-19(2)8-6-15(11)18-16-14-9-13(20)4-3-12(14)5-7-17-16/h3-5,7,9,11,15,20H,6,8,10H2,1-2H3,(H,17,18). The van der Waals surface area contributed by atoms with Gasteiger partial charge in [-0.1, -0.05) is 13.0 Å². The normalized spacial score (nSPS) is 23.9. The van der Waals surface area contributed by atoms with Crippen LogP contribution in [-0.2, 0) is 0 Å². The molecule has 2 atom stereocenters. The molecule has 1 aliphatic heterocycles. The van der Waals surface area contributed by atoms with Crippen molar-refractivity contribution in [1.82, 2.24) is 9.88 Å². The van der Waals surface area contributed by atoms with E-state index in [1.165, 1.54) is 0 Å². The second kappa shape index (κ2) is 5.29. The third-order valence-corrected chi connectivity index (χ3v) is 4.18. The number of phenols is 1. The van der Waals surface area contributed by atoms with Crippen LogP contribution < -0.4 is 5.32 Å². The Kier molecular flexibility index (Phi) is 3.49. The predicted octanol–water partition coefficient (Wildman–Crippen LogP) is 2.69. The number of phenolic OH excluding ortho intramolecular Hbond substituents is 1. The molecule has 0 bridgehead atoms. The molecule has 20 heavy (non-hydrogen) atoms. The minimum atomic E-state index is 0.282. The van der Waals surface area contributed by atoms with E-state index in [0.717, 1.165) is 36.1 Å². The van der Waals surface area contributed by atoms with Gasteiger partial charge in [-0.2, -0.15) is 0 Å². The van der Waals surface area contributed by atoms with Gasteiger partial charge in [0, 0.05) is 24.2 Å². The predicted molar refractivity (Wildman–Crippen MR) is 82.1 cm³/mol. The quantitative estimate of drug-likeness (QED) is 0.881. The number of piperidine rings is 1. The minimum Gasteiger partial charge on any atom is -0.508 e. The van der Waals surface area contributed by atoms with Gasteiger partial charge in [0.25, 0.3) is 0 Å². The first kappa shape index (κ1) is 13.2. The molecule has 0 spiro atoms. The number of hydrogen-bond acceptors (Lipinski definition) is 4. The van der Waals surface area contributed by atoms with Gasteiger partial charge in [-0.15, -0.1) is 0 Å². The number of anilines is 1. The molecule has 0 amide bonds. The van der Waals surface area contributed by atoms with Gasteiger partial charge in [-0.25, -0.2) is 4.98 Å². The van der Waals surface area contributed by atoms with Crippen LogP contribution in [0.1, 0.15) is 13.3 Å². The molecule has 2 aromatic rings. The van der Waals surface area contributed by atoms with Crippen LogP contribution in [0.5, 0.6) is 5.75 Å². The second-order valence-electron chi connectivity index (χ2n) is 5.84. The molecular weight excluding hydrogens is 250 g/mol. The molecule has 1 fully saturated rings. The Morgan fingerprint density at radius 3 is 3.00 bits per heavy atom. The van der Waals surface area contributed by atoms with Gasteiger partial charge in [-0.3, -0.25) is 0 Å². The summed E-state index contributed by atoms with van der Waals surface area (Å²) in [5, 5.41) is 15.3. The second-order valence-corrected chi connectivity index (χ2v) is 5.84. The molecule has 0 aliphatic carbocycles. The van der Waals surface area contributed by atoms with E-state index in [1.54, 1.807) is 12.1 Å². The van der Waals surface area contributed by atoms with Crippen molar-refractivity contribution in [2.75, 3.05) is 25.5 Å². The first-order valence-corrected chi connectivity index (χ1v) is 7.16. The smallest absolute Gasteiger partial charge is 0.134 e. The van der Waals surface area contributed by atoms with E-state index in [-0.39, 0.29) is 5.75 Å². The van der Waals surface area contributed by atoms with Crippen molar-refractivity contribution in [3.63, 3.8) is 0 Å². The highest BCUT2D eigenvalue weighted by Gasteiger charge is 2.24. The van der Waals surface area contributed by atoms with Gasteiger partial charge in [0.1, 0.15) is 11.6 Å². The summed E-state index contributed by atoms with van der Waals surface area (Å²) in [5.41, 5.74) is 0. The number of aromatic hydroxyl groups is 1. The lowest BCUT2D eigenvalue weighted by molar-refractivity contribution is 0.206. The number of rotatable bonds is 2. The Morgan fingerprint density at radius 1 is 1.35 bits per heavy atom. The van der Waals surface area contributed by atoms with Crippen molar-refractivity contribution in [3.8, 4) is 5.75 Å². The highest BCUT2D eigenvalue weighted by Crippen LogP contribution is 2.27. The highest BCUT2D eigenvalue weighted by molar-refractivity contribution is 5.92. The maximum absolute atomic E-state index is 9.69. The fourth-order valence-electron chi connectivity index (χ4n) is 3.02. The van der Waals surface area contributed by atoms with Gasteiger partial charge >= 0.3 is 0 Å². The summed E-state index contributed by atoms with van der Waals surface area (Å²) in [6.07, 6.45) is 2.94. The zero-order valence-electron chi connectivity index (χ0n) is 12.0. The summed E-state index contributed by atoms with van der Waals surface area (Å²) in [7, 11) is 2.17. The Morgan fingerprint density at radius 2 is 2.20 bits per heavy atom. The van der Waals surface area contributed by atoms with E-state index in [9.17, 15) is 5.11 Å². The lowest BCUT2D eigenvalue weighted by Gasteiger charge is -2.35. The van der Waals surface area contributed by atoms with Crippen LogP contribution in [0.25, 0.3) is 10.8 Å². The molecule has 3 rings (SSSR count). The first-order valence-electron chi connectivity index (χ1n) is 7.16. The van der Waals surface area contributed by atoms with Gasteiger partial charge in [0.05, 0.1) is 0 Å². The zero-order chi connectivity index (χ0) is 14.1. The molecule has 1 saturated heterocycles. The van der Waals surface area contributed by atoms with Crippen molar-refractivity contribution < 1.29 is 5.11 Å². The average Bonchev–Trinajstić information content (AvgIpc) is 2.42. The maximum Gasteiger partial charge on any atom is 0.134 e. The van der Waals surface area contributed by atoms with Crippen molar-refractivity contribution in [3.05, 3.63) is 30.5 Å². The zero-order valence-corrected chi connectivity index (χ0v) is 12.0. The lowest BCUT2D eigenvalue weighted by atomic mass is 9.94. The van der Waals surface area contributed by atoms with Crippen molar-refractivity contribution in [2.45, 2.75) is 19.4 Å². The van der Waals surface area contributed by atoms with Crippen LogP contribution in [0.15, 0.2) is 30.5 Å². The van der Waals surface area contributed by atoms with Crippen LogP contribution in [0, 0.1) is 5.92 Å². The lowest BCUT2D eigenvalue weighted by Crippen LogP contribution is -2.43. The molecule has 0 saturated carbocycles. The SMILES string of the molecule is CC1CN(C)CCC1Nc1nccc2ccc(O)cc12. The van der Waals surface area contributed by atoms with E-state index in [1.807, 2.05) is 18.3 Å². The molecular formula is C16H21N3O. The van der Waals surface area contributed by atoms with Crippen LogP contribution in [0.3, 0.4) is 0 Å². The molecule has 2 heterocycles. The number of likely N-dealkylation sites (tertiary alicyclic amines) is 1. The Bertz CT molecular complexity index is 614. The number of benzene rings is 1. The summed E-state index contributed by atoms with van der Waals surface area (Å²) in [6.45, 7) is 4.49. The summed E-state index contributed by atoms with van der Waals surface area (Å²) in [4.78, 5) is 6.83. The average molecular weight is 271 g/mol. The summed E-state index contributed by atoms with van der Waals surface area (Å²) >= 11 is 0. The number of nitrogens with zero attached hydrogens (tertiary/aromatic N) is 2. The van der Waals surface area contributed by atoms with Gasteiger partial charge in [-0.05, 0) is 49.5 Å². The third-order valence-electron chi connectivity index (χ3n) is 4.18. The maximum atomic E-state index is 9.69. The fourth-order valence-corrected chi connectivity index (χ4v) is 3.02. The molecule has 4 nitrogen and oxygen atoms in total. The molecule has 1 aromatic carbocycles. The summed E-state index contributed by atoms with van der Waals surface area (Å²) < 4.78 is 0. The number of nitrogens with one attached hydrogen (secondary N) is 1. The molecule has 1 aromatic heterocycles. The fraction of sp³-hybridized carbons (Fsp3) is 0.438. The number of hydrogen-bond donors (Lipinski definition) is 2. The van der Waals surface area contributed by atoms with Gasteiger partial charge < -0.3 is 15.3 Å². The summed E-state index contributed by atoms with van der Waals surface area (Å²) in [5.74, 6) is 1.74. The number of fused-ring (bicyclic) bond motifs is 1. The Hall–Kier alpha value is -1.81. The number of aromatic nitrogens is 1. The van der Waals surface area contributed by atoms with Crippen LogP contribution in [0.2, 0.25) is 0 Å². The molecule has 4 heteroatoms. The van der Waals surface area contributed by atoms with Crippen LogP contribution in [0.4, 0.5) is 5.82 Å². The Labute approximate surface area is 119 Å². The van der Waals surface area contributed by atoms with E-state index in [0.29, 0.717) is 12.0 Å². The topological polar surface area (TPSA) is 48.4 Å². The van der Waals surface area contributed by atoms with Crippen molar-refractivity contribution in [2.24, 2.45) is 5.92 Å². The van der Waals surface area contributed by atoms with E-state index >= 15 is 0 Å². The van der Waals surface area contributed by atoms with Gasteiger partial charge in [0.15, 0.2) is 0 Å². The van der Waals surface area contributed by atoms with Crippen LogP contribution >= 0.6 is 0 Å². The number of pyridine rings is 1. The monoisotopic (exact) mass is 271 g/mol. The third kappa shape index (κ3) is 2.56. The summed E-state index contributed by atoms with van der Waals surface area (Å²) in [6, 6.07) is 7.83. The van der Waals surface area contributed by atoms with E-state index < -0.39 is 0 Å². The molecule has 1 aliphatic rings. The molecule has 2 N–H and O–H groups in total. The van der Waals surface area contributed by atoms with E-state index in [2.05, 4.69) is 29.2 Å². The molecule has 2 unspecified atom stereocenters. The highest BCUT2D eigenvalue weighted by atomic mass is 16.3. The van der Waals surface area contributed by atoms with Crippen LogP contribution in [-0.4, -0.2) is 41.2 Å². The first-order chi connectivity index (χ1) is 9.63. The molecule has 0 radical (unpaired) electrons. The Balaban J connectivity index is 1.89. The largest absolute Gasteiger partial charge is 0.508 e. The molecule has 106 valence electrons. The minimum absolute atomic E-state index is 0.282. The van der Waals surface area contributed by atoms with E-state index in [4.69, 9.17) is 0 Å². The van der Waals surface area contributed by atoms with Crippen molar-refractivity contribution >= 4 is 16.6 Å².